The van der Waals surface area contributed by atoms with Gasteiger partial charge in [0.25, 0.3) is 0 Å². The minimum atomic E-state index is -1.34. The highest BCUT2D eigenvalue weighted by Gasteiger charge is 2.41. The molecule has 2 aromatic carbocycles. The second kappa shape index (κ2) is 11.4. The number of piperidine rings is 1. The molecule has 0 bridgehead atoms. The monoisotopic (exact) mass is 516 g/mol. The molecular weight excluding hydrogens is 485 g/mol. The molecule has 1 aromatic heterocycles. The molecule has 2 heterocycles. The van der Waals surface area contributed by atoms with E-state index in [4.69, 9.17) is 9.47 Å². The Kier molecular flexibility index (Phi) is 8.22. The summed E-state index contributed by atoms with van der Waals surface area (Å²) in [7, 11) is 1.55. The Hall–Kier alpha value is -3.33. The summed E-state index contributed by atoms with van der Waals surface area (Å²) in [4.78, 5) is 18.7. The highest BCUT2D eigenvalue weighted by atomic mass is 19.1. The molecule has 6 nitrogen and oxygen atoms in total. The first-order valence-corrected chi connectivity index (χ1v) is 12.3. The van der Waals surface area contributed by atoms with Gasteiger partial charge in [-0.2, -0.15) is 0 Å². The predicted octanol–water partition coefficient (Wildman–Crippen LogP) is 5.87. The van der Waals surface area contributed by atoms with Crippen LogP contribution in [0.25, 0.3) is 10.9 Å². The second-order valence-electron chi connectivity index (χ2n) is 9.62. The molecule has 0 aliphatic carbocycles. The summed E-state index contributed by atoms with van der Waals surface area (Å²) in [5, 5.41) is 10.7. The summed E-state index contributed by atoms with van der Waals surface area (Å²) in [5.74, 6) is -1.61. The van der Waals surface area contributed by atoms with E-state index < -0.39 is 29.2 Å². The molecule has 9 heteroatoms. The molecule has 0 spiro atoms. The van der Waals surface area contributed by atoms with Gasteiger partial charge in [0.2, 0.25) is 0 Å². The molecule has 1 atom stereocenters. The van der Waals surface area contributed by atoms with Crippen LogP contribution in [0.1, 0.15) is 43.0 Å². The molecule has 1 fully saturated rings. The van der Waals surface area contributed by atoms with Crippen LogP contribution in [-0.2, 0) is 4.79 Å². The number of carbonyl (C=O) groups is 1. The number of ether oxygens (including phenoxy) is 2. The Morgan fingerprint density at radius 2 is 1.84 bits per heavy atom. The van der Waals surface area contributed by atoms with E-state index in [1.54, 1.807) is 38.4 Å². The first kappa shape index (κ1) is 26.7. The van der Waals surface area contributed by atoms with E-state index in [9.17, 15) is 18.7 Å². The fraction of sp³-hybridized carbons (Fsp3) is 0.429. The van der Waals surface area contributed by atoms with Crippen LogP contribution in [0.5, 0.6) is 11.5 Å². The number of halogens is 3. The zero-order valence-electron chi connectivity index (χ0n) is 21.0. The van der Waals surface area contributed by atoms with Crippen LogP contribution in [-0.4, -0.2) is 54.3 Å². The summed E-state index contributed by atoms with van der Waals surface area (Å²) in [6.45, 7) is 3.54. The Morgan fingerprint density at radius 3 is 2.49 bits per heavy atom. The molecule has 0 unspecified atom stereocenters. The SMILES string of the molecule is COc1ccc2ncc(C)c([C@H](F)CCC3(C(=O)O)CCN(CCOc4cc(F)cc(F)c4)CC3)c2c1. The molecule has 1 saturated heterocycles. The van der Waals surface area contributed by atoms with E-state index in [-0.39, 0.29) is 25.2 Å². The highest BCUT2D eigenvalue weighted by molar-refractivity contribution is 5.85. The number of fused-ring (bicyclic) bond motifs is 1. The first-order valence-electron chi connectivity index (χ1n) is 12.3. The molecule has 198 valence electrons. The highest BCUT2D eigenvalue weighted by Crippen LogP contribution is 2.41. The summed E-state index contributed by atoms with van der Waals surface area (Å²) < 4.78 is 53.1. The number of rotatable bonds is 10. The predicted molar refractivity (Wildman–Crippen MR) is 134 cm³/mol. The summed E-state index contributed by atoms with van der Waals surface area (Å²) in [5.41, 5.74) is 0.883. The standard InChI is InChI=1S/C28H31F3N2O4/c1-18-17-32-25-4-3-21(36-2)16-23(25)26(18)24(31)5-6-28(27(34)35)7-9-33(10-8-28)11-12-37-22-14-19(29)13-20(30)15-22/h3-4,13-17,24H,5-12H2,1-2H3,(H,34,35)/t24-/m1/s1. The maximum Gasteiger partial charge on any atom is 0.309 e. The van der Waals surface area contributed by atoms with Gasteiger partial charge in [0.05, 0.1) is 18.0 Å². The number of carboxylic acid groups (broad SMARTS) is 1. The largest absolute Gasteiger partial charge is 0.497 e. The van der Waals surface area contributed by atoms with Gasteiger partial charge in [0.15, 0.2) is 0 Å². The summed E-state index contributed by atoms with van der Waals surface area (Å²) in [6, 6.07) is 8.34. The van der Waals surface area contributed by atoms with Crippen molar-refractivity contribution in [2.24, 2.45) is 5.41 Å². The number of nitrogens with zero attached hydrogens (tertiary/aromatic N) is 2. The number of hydrogen-bond donors (Lipinski definition) is 1. The van der Waals surface area contributed by atoms with Crippen LogP contribution in [0.2, 0.25) is 0 Å². The Morgan fingerprint density at radius 1 is 1.14 bits per heavy atom. The van der Waals surface area contributed by atoms with Crippen molar-refractivity contribution in [2.45, 2.75) is 38.8 Å². The van der Waals surface area contributed by atoms with Crippen molar-refractivity contribution in [1.82, 2.24) is 9.88 Å². The minimum absolute atomic E-state index is 0.0811. The average molecular weight is 517 g/mol. The van der Waals surface area contributed by atoms with Gasteiger partial charge in [-0.15, -0.1) is 0 Å². The first-order chi connectivity index (χ1) is 17.7. The number of pyridine rings is 1. The fourth-order valence-electron chi connectivity index (χ4n) is 5.06. The van der Waals surface area contributed by atoms with Crippen molar-refractivity contribution in [2.75, 3.05) is 33.4 Å². The van der Waals surface area contributed by atoms with E-state index in [0.29, 0.717) is 60.3 Å². The Labute approximate surface area is 214 Å². The smallest absolute Gasteiger partial charge is 0.309 e. The second-order valence-corrected chi connectivity index (χ2v) is 9.62. The number of benzene rings is 2. The van der Waals surface area contributed by atoms with Crippen molar-refractivity contribution in [3.05, 3.63) is 65.4 Å². The number of methoxy groups -OCH3 is 1. The topological polar surface area (TPSA) is 71.9 Å². The lowest BCUT2D eigenvalue weighted by Gasteiger charge is -2.39. The van der Waals surface area contributed by atoms with Gasteiger partial charge in [-0.25, -0.2) is 13.2 Å². The number of aromatic nitrogens is 1. The fourth-order valence-corrected chi connectivity index (χ4v) is 5.06. The number of alkyl halides is 1. The molecule has 1 aliphatic rings. The molecule has 1 aliphatic heterocycles. The molecule has 4 rings (SSSR count). The van der Waals surface area contributed by atoms with E-state index in [0.717, 1.165) is 18.2 Å². The quantitative estimate of drug-likeness (QED) is 0.364. The van der Waals surface area contributed by atoms with Gasteiger partial charge in [-0.1, -0.05) is 0 Å². The van der Waals surface area contributed by atoms with E-state index in [2.05, 4.69) is 9.88 Å². The zero-order valence-corrected chi connectivity index (χ0v) is 21.0. The molecule has 3 aromatic rings. The third-order valence-corrected chi connectivity index (χ3v) is 7.28. The third kappa shape index (κ3) is 6.15. The molecule has 0 amide bonds. The Balaban J connectivity index is 1.37. The van der Waals surface area contributed by atoms with Crippen molar-refractivity contribution >= 4 is 16.9 Å². The van der Waals surface area contributed by atoms with E-state index >= 15 is 4.39 Å². The lowest BCUT2D eigenvalue weighted by atomic mass is 9.74. The molecular formula is C28H31F3N2O4. The van der Waals surface area contributed by atoms with Gasteiger partial charge < -0.3 is 14.6 Å². The van der Waals surface area contributed by atoms with Crippen LogP contribution in [0.4, 0.5) is 13.2 Å². The van der Waals surface area contributed by atoms with Gasteiger partial charge >= 0.3 is 5.97 Å². The number of likely N-dealkylation sites (tertiary alicyclic amines) is 1. The van der Waals surface area contributed by atoms with Crippen LogP contribution in [0.3, 0.4) is 0 Å². The third-order valence-electron chi connectivity index (χ3n) is 7.28. The van der Waals surface area contributed by atoms with Gasteiger partial charge in [-0.05, 0) is 75.0 Å². The van der Waals surface area contributed by atoms with Gasteiger partial charge in [0, 0.05) is 36.3 Å². The van der Waals surface area contributed by atoms with Crippen LogP contribution in [0, 0.1) is 24.0 Å². The summed E-state index contributed by atoms with van der Waals surface area (Å²) in [6.07, 6.45) is 1.36. The zero-order chi connectivity index (χ0) is 26.6. The van der Waals surface area contributed by atoms with Crippen LogP contribution < -0.4 is 9.47 Å². The van der Waals surface area contributed by atoms with E-state index in [1.165, 1.54) is 0 Å². The average Bonchev–Trinajstić information content (AvgIpc) is 2.87. The molecule has 0 radical (unpaired) electrons. The number of aryl methyl sites for hydroxylation is 1. The van der Waals surface area contributed by atoms with Crippen molar-refractivity contribution < 1.29 is 32.5 Å². The van der Waals surface area contributed by atoms with Crippen molar-refractivity contribution in [1.29, 1.82) is 0 Å². The lowest BCUT2D eigenvalue weighted by Crippen LogP contribution is -2.45. The Bertz CT molecular complexity index is 1240. The lowest BCUT2D eigenvalue weighted by molar-refractivity contribution is -0.153. The number of carboxylic acids is 1. The van der Waals surface area contributed by atoms with Crippen LogP contribution >= 0.6 is 0 Å². The normalized spacial score (nSPS) is 16.5. The number of aliphatic carboxylic acids is 1. The molecule has 0 saturated carbocycles. The van der Waals surface area contributed by atoms with Gasteiger partial charge in [0.1, 0.15) is 35.9 Å². The maximum atomic E-state index is 15.7. The minimum Gasteiger partial charge on any atom is -0.497 e. The van der Waals surface area contributed by atoms with Crippen molar-refractivity contribution in [3.8, 4) is 11.5 Å². The molecule has 1 N–H and O–H groups in total. The van der Waals surface area contributed by atoms with Gasteiger partial charge in [-0.3, -0.25) is 14.7 Å². The van der Waals surface area contributed by atoms with Crippen molar-refractivity contribution in [3.63, 3.8) is 0 Å². The number of hydrogen-bond acceptors (Lipinski definition) is 5. The maximum absolute atomic E-state index is 15.7. The molecule has 37 heavy (non-hydrogen) atoms. The summed E-state index contributed by atoms with van der Waals surface area (Å²) >= 11 is 0. The van der Waals surface area contributed by atoms with Crippen LogP contribution in [0.15, 0.2) is 42.6 Å². The van der Waals surface area contributed by atoms with E-state index in [1.807, 2.05) is 0 Å².